The van der Waals surface area contributed by atoms with Crippen LogP contribution in [0.2, 0.25) is 0 Å². The fourth-order valence-electron chi connectivity index (χ4n) is 1.73. The first-order valence-corrected chi connectivity index (χ1v) is 8.05. The van der Waals surface area contributed by atoms with Crippen molar-refractivity contribution < 1.29 is 13.5 Å². The van der Waals surface area contributed by atoms with Crippen LogP contribution in [0, 0.1) is 0 Å². The Morgan fingerprint density at radius 3 is 2.58 bits per heavy atom. The van der Waals surface area contributed by atoms with Crippen molar-refractivity contribution in [3.05, 3.63) is 46.7 Å². The van der Waals surface area contributed by atoms with Crippen molar-refractivity contribution in [2.45, 2.75) is 17.9 Å². The molecule has 0 aliphatic heterocycles. The van der Waals surface area contributed by atoms with Crippen molar-refractivity contribution in [3.63, 3.8) is 0 Å². The molecule has 2 rings (SSSR count). The highest BCUT2D eigenvalue weighted by atomic mass is 32.2. The summed E-state index contributed by atoms with van der Waals surface area (Å²) in [4.78, 5) is 1.07. The number of hydrogen-bond acceptors (Lipinski definition) is 4. The van der Waals surface area contributed by atoms with Crippen LogP contribution in [-0.4, -0.2) is 24.9 Å². The van der Waals surface area contributed by atoms with E-state index in [0.29, 0.717) is 0 Å². The fraction of sp³-hybridized carbons (Fsp3) is 0.231. The van der Waals surface area contributed by atoms with Gasteiger partial charge in [-0.1, -0.05) is 12.1 Å². The molecule has 0 spiro atoms. The molecule has 1 aromatic heterocycles. The lowest BCUT2D eigenvalue weighted by Gasteiger charge is -2.23. The molecule has 4 nitrogen and oxygen atoms in total. The topological polar surface area (TPSA) is 57.6 Å². The van der Waals surface area contributed by atoms with Gasteiger partial charge in [0.05, 0.1) is 10.9 Å². The molecule has 1 aromatic carbocycles. The van der Waals surface area contributed by atoms with Gasteiger partial charge in [-0.25, -0.2) is 8.42 Å². The number of phenols is 1. The monoisotopic (exact) mass is 297 g/mol. The SMILES string of the molecule is CC(c1cccs1)N(C)S(=O)(=O)c1cccc(O)c1. The minimum Gasteiger partial charge on any atom is -0.508 e. The van der Waals surface area contributed by atoms with E-state index in [1.54, 1.807) is 7.05 Å². The average molecular weight is 297 g/mol. The summed E-state index contributed by atoms with van der Waals surface area (Å²) in [5.41, 5.74) is 0. The number of hydrogen-bond donors (Lipinski definition) is 1. The van der Waals surface area contributed by atoms with Gasteiger partial charge >= 0.3 is 0 Å². The molecule has 0 saturated heterocycles. The number of nitrogens with zero attached hydrogens (tertiary/aromatic N) is 1. The molecular formula is C13H15NO3S2. The molecule has 0 bridgehead atoms. The highest BCUT2D eigenvalue weighted by molar-refractivity contribution is 7.89. The van der Waals surface area contributed by atoms with E-state index >= 15 is 0 Å². The zero-order valence-corrected chi connectivity index (χ0v) is 12.3. The molecule has 1 unspecified atom stereocenters. The second-order valence-electron chi connectivity index (χ2n) is 4.21. The van der Waals surface area contributed by atoms with E-state index in [1.165, 1.54) is 39.9 Å². The van der Waals surface area contributed by atoms with Crippen LogP contribution in [0.15, 0.2) is 46.7 Å². The smallest absolute Gasteiger partial charge is 0.243 e. The molecule has 2 aromatic rings. The van der Waals surface area contributed by atoms with E-state index in [1.807, 2.05) is 24.4 Å². The fourth-order valence-corrected chi connectivity index (χ4v) is 4.00. The largest absolute Gasteiger partial charge is 0.508 e. The van der Waals surface area contributed by atoms with Gasteiger partial charge < -0.3 is 5.11 Å². The maximum atomic E-state index is 12.4. The molecule has 0 amide bonds. The van der Waals surface area contributed by atoms with Crippen LogP contribution in [-0.2, 0) is 10.0 Å². The van der Waals surface area contributed by atoms with E-state index in [9.17, 15) is 13.5 Å². The molecule has 0 fully saturated rings. The second kappa shape index (κ2) is 5.32. The number of sulfonamides is 1. The number of thiophene rings is 1. The van der Waals surface area contributed by atoms with Crippen LogP contribution in [0.4, 0.5) is 0 Å². The molecule has 0 saturated carbocycles. The maximum Gasteiger partial charge on any atom is 0.243 e. The van der Waals surface area contributed by atoms with Gasteiger partial charge in [-0.2, -0.15) is 4.31 Å². The Morgan fingerprint density at radius 2 is 2.00 bits per heavy atom. The summed E-state index contributed by atoms with van der Waals surface area (Å²) in [6.07, 6.45) is 0. The first-order valence-electron chi connectivity index (χ1n) is 5.73. The molecule has 102 valence electrons. The first kappa shape index (κ1) is 14.0. The van der Waals surface area contributed by atoms with Crippen LogP contribution < -0.4 is 0 Å². The zero-order chi connectivity index (χ0) is 14.0. The van der Waals surface area contributed by atoms with Crippen LogP contribution in [0.1, 0.15) is 17.8 Å². The van der Waals surface area contributed by atoms with Crippen molar-refractivity contribution in [1.29, 1.82) is 0 Å². The van der Waals surface area contributed by atoms with E-state index in [4.69, 9.17) is 0 Å². The second-order valence-corrected chi connectivity index (χ2v) is 7.19. The third kappa shape index (κ3) is 2.80. The van der Waals surface area contributed by atoms with E-state index < -0.39 is 10.0 Å². The standard InChI is InChI=1S/C13H15NO3S2/c1-10(13-7-4-8-18-13)14(2)19(16,17)12-6-3-5-11(15)9-12/h3-10,15H,1-2H3. The minimum absolute atomic E-state index is 0.0572. The Kier molecular flexibility index (Phi) is 3.93. The molecule has 0 aliphatic carbocycles. The van der Waals surface area contributed by atoms with Crippen molar-refractivity contribution in [1.82, 2.24) is 4.31 Å². The van der Waals surface area contributed by atoms with Gasteiger partial charge in [0.25, 0.3) is 0 Å². The Labute approximate surface area is 117 Å². The lowest BCUT2D eigenvalue weighted by atomic mass is 10.3. The summed E-state index contributed by atoms with van der Waals surface area (Å²) < 4.78 is 26.2. The summed E-state index contributed by atoms with van der Waals surface area (Å²) in [5, 5.41) is 11.3. The van der Waals surface area contributed by atoms with E-state index in [2.05, 4.69) is 0 Å². The molecule has 6 heteroatoms. The van der Waals surface area contributed by atoms with Crippen LogP contribution in [0.25, 0.3) is 0 Å². The van der Waals surface area contributed by atoms with Gasteiger partial charge in [0, 0.05) is 11.9 Å². The summed E-state index contributed by atoms with van der Waals surface area (Å²) in [6.45, 7) is 1.84. The molecule has 0 aliphatic rings. The van der Waals surface area contributed by atoms with Crippen molar-refractivity contribution in [2.24, 2.45) is 0 Å². The average Bonchev–Trinajstić information content (AvgIpc) is 2.90. The molecule has 0 radical (unpaired) electrons. The van der Waals surface area contributed by atoms with Crippen molar-refractivity contribution in [2.75, 3.05) is 7.05 Å². The van der Waals surface area contributed by atoms with Crippen molar-refractivity contribution >= 4 is 21.4 Å². The van der Waals surface area contributed by atoms with Gasteiger partial charge in [-0.05, 0) is 36.6 Å². The van der Waals surface area contributed by atoms with Gasteiger partial charge in [-0.3, -0.25) is 0 Å². The van der Waals surface area contributed by atoms with Crippen LogP contribution >= 0.6 is 11.3 Å². The molecular weight excluding hydrogens is 282 g/mol. The summed E-state index contributed by atoms with van der Waals surface area (Å²) >= 11 is 1.52. The molecule has 1 atom stereocenters. The number of aromatic hydroxyl groups is 1. The number of phenolic OH excluding ortho intramolecular Hbond substituents is 1. The zero-order valence-electron chi connectivity index (χ0n) is 10.6. The quantitative estimate of drug-likeness (QED) is 0.944. The number of benzene rings is 1. The van der Waals surface area contributed by atoms with Gasteiger partial charge in [0.2, 0.25) is 10.0 Å². The lowest BCUT2D eigenvalue weighted by molar-refractivity contribution is 0.402. The number of rotatable bonds is 4. The third-order valence-electron chi connectivity index (χ3n) is 2.99. The van der Waals surface area contributed by atoms with Crippen LogP contribution in [0.5, 0.6) is 5.75 Å². The summed E-state index contributed by atoms with van der Waals surface area (Å²) in [5.74, 6) is -0.0572. The van der Waals surface area contributed by atoms with Crippen molar-refractivity contribution in [3.8, 4) is 5.75 Å². The lowest BCUT2D eigenvalue weighted by Crippen LogP contribution is -2.29. The summed E-state index contributed by atoms with van der Waals surface area (Å²) in [6, 6.07) is 9.26. The highest BCUT2D eigenvalue weighted by Gasteiger charge is 2.26. The molecule has 1 N–H and O–H groups in total. The first-order chi connectivity index (χ1) is 8.93. The van der Waals surface area contributed by atoms with Gasteiger partial charge in [-0.15, -0.1) is 11.3 Å². The Morgan fingerprint density at radius 1 is 1.26 bits per heavy atom. The predicted octanol–water partition coefficient (Wildman–Crippen LogP) is 2.84. The Balaban J connectivity index is 2.34. The predicted molar refractivity (Wildman–Crippen MR) is 75.8 cm³/mol. The molecule has 19 heavy (non-hydrogen) atoms. The highest BCUT2D eigenvalue weighted by Crippen LogP contribution is 2.29. The summed E-state index contributed by atoms with van der Waals surface area (Å²) in [7, 11) is -2.06. The van der Waals surface area contributed by atoms with E-state index in [0.717, 1.165) is 4.88 Å². The Bertz CT molecular complexity index is 650. The Hall–Kier alpha value is -1.37. The normalized spacial score (nSPS) is 13.6. The van der Waals surface area contributed by atoms with Crippen LogP contribution in [0.3, 0.4) is 0 Å². The third-order valence-corrected chi connectivity index (χ3v) is 5.96. The molecule has 1 heterocycles. The van der Waals surface area contributed by atoms with Gasteiger partial charge in [0.15, 0.2) is 0 Å². The maximum absolute atomic E-state index is 12.4. The van der Waals surface area contributed by atoms with E-state index in [-0.39, 0.29) is 16.7 Å². The minimum atomic E-state index is -3.61. The van der Waals surface area contributed by atoms with Gasteiger partial charge in [0.1, 0.15) is 5.75 Å².